The molecule has 1 spiro atoms. The minimum absolute atomic E-state index is 0.0423. The lowest BCUT2D eigenvalue weighted by Crippen LogP contribution is -2.54. The number of imide groups is 1. The van der Waals surface area contributed by atoms with Gasteiger partial charge < -0.3 is 10.6 Å². The summed E-state index contributed by atoms with van der Waals surface area (Å²) in [6.45, 7) is 6.06. The van der Waals surface area contributed by atoms with E-state index in [1.54, 1.807) is 0 Å². The van der Waals surface area contributed by atoms with Gasteiger partial charge in [-0.2, -0.15) is 0 Å². The standard InChI is InChI=1S/C25H29N3O3/c1-17-13-24(2,3)16-25(14-17)22(30)28(23(31)27-25)15-21(29)26-20-11-9-19(10-12-20)18-7-5-4-6-8-18/h4-12,17H,13-16H2,1-3H3,(H,26,29)(H,27,31). The van der Waals surface area contributed by atoms with E-state index >= 15 is 0 Å². The minimum Gasteiger partial charge on any atom is -0.325 e. The Morgan fingerprint density at radius 1 is 1.03 bits per heavy atom. The number of rotatable bonds is 4. The maximum atomic E-state index is 13.2. The molecule has 31 heavy (non-hydrogen) atoms. The smallest absolute Gasteiger partial charge is 0.325 e. The van der Waals surface area contributed by atoms with Gasteiger partial charge in [-0.1, -0.05) is 63.2 Å². The summed E-state index contributed by atoms with van der Waals surface area (Å²) in [6, 6.07) is 17.0. The molecule has 2 aromatic rings. The molecule has 2 fully saturated rings. The Hall–Kier alpha value is -3.15. The van der Waals surface area contributed by atoms with Gasteiger partial charge in [0, 0.05) is 5.69 Å². The second-order valence-electron chi connectivity index (χ2n) is 9.75. The van der Waals surface area contributed by atoms with Crippen LogP contribution in [-0.2, 0) is 9.59 Å². The van der Waals surface area contributed by atoms with Crippen molar-refractivity contribution in [2.75, 3.05) is 11.9 Å². The van der Waals surface area contributed by atoms with Gasteiger partial charge in [-0.3, -0.25) is 14.5 Å². The summed E-state index contributed by atoms with van der Waals surface area (Å²) in [6.07, 6.45) is 2.21. The number of nitrogens with one attached hydrogen (secondary N) is 2. The van der Waals surface area contributed by atoms with Gasteiger partial charge >= 0.3 is 6.03 Å². The van der Waals surface area contributed by atoms with Gasteiger partial charge in [0.05, 0.1) is 0 Å². The van der Waals surface area contributed by atoms with E-state index in [1.165, 1.54) is 0 Å². The fourth-order valence-electron chi connectivity index (χ4n) is 5.37. The molecule has 2 unspecified atom stereocenters. The molecule has 1 aliphatic heterocycles. The Morgan fingerprint density at radius 3 is 2.32 bits per heavy atom. The molecule has 6 heteroatoms. The van der Waals surface area contributed by atoms with Gasteiger partial charge in [-0.15, -0.1) is 0 Å². The van der Waals surface area contributed by atoms with Gasteiger partial charge in [-0.25, -0.2) is 4.79 Å². The van der Waals surface area contributed by atoms with Gasteiger partial charge in [0.15, 0.2) is 0 Å². The molecule has 1 heterocycles. The average molecular weight is 420 g/mol. The average Bonchev–Trinajstić information content (AvgIpc) is 2.91. The number of urea groups is 1. The summed E-state index contributed by atoms with van der Waals surface area (Å²) >= 11 is 0. The lowest BCUT2D eigenvalue weighted by molar-refractivity contribution is -0.136. The third-order valence-electron chi connectivity index (χ3n) is 6.20. The molecule has 4 amide bonds. The van der Waals surface area contributed by atoms with Crippen LogP contribution in [0, 0.1) is 11.3 Å². The molecule has 1 saturated carbocycles. The van der Waals surface area contributed by atoms with Crippen LogP contribution < -0.4 is 10.6 Å². The number of amides is 4. The summed E-state index contributed by atoms with van der Waals surface area (Å²) in [5, 5.41) is 5.70. The van der Waals surface area contributed by atoms with Crippen molar-refractivity contribution in [1.29, 1.82) is 0 Å². The van der Waals surface area contributed by atoms with Crippen LogP contribution in [0.2, 0.25) is 0 Å². The molecule has 4 rings (SSSR count). The Morgan fingerprint density at radius 2 is 1.68 bits per heavy atom. The number of nitrogens with zero attached hydrogens (tertiary/aromatic N) is 1. The van der Waals surface area contributed by atoms with E-state index in [-0.39, 0.29) is 17.9 Å². The van der Waals surface area contributed by atoms with Crippen LogP contribution in [-0.4, -0.2) is 34.8 Å². The van der Waals surface area contributed by atoms with Crippen molar-refractivity contribution in [3.8, 4) is 11.1 Å². The molecular formula is C25H29N3O3. The van der Waals surface area contributed by atoms with E-state index in [9.17, 15) is 14.4 Å². The molecule has 0 radical (unpaired) electrons. The fraction of sp³-hybridized carbons (Fsp3) is 0.400. The first kappa shape index (κ1) is 21.1. The molecule has 6 nitrogen and oxygen atoms in total. The quantitative estimate of drug-likeness (QED) is 0.720. The fourth-order valence-corrected chi connectivity index (χ4v) is 5.37. The van der Waals surface area contributed by atoms with Crippen molar-refractivity contribution >= 4 is 23.5 Å². The number of anilines is 1. The number of hydrogen-bond acceptors (Lipinski definition) is 3. The molecular weight excluding hydrogens is 390 g/mol. The Labute approximate surface area is 183 Å². The van der Waals surface area contributed by atoms with E-state index in [0.29, 0.717) is 24.4 Å². The monoisotopic (exact) mass is 419 g/mol. The summed E-state index contributed by atoms with van der Waals surface area (Å²) < 4.78 is 0. The first-order valence-electron chi connectivity index (χ1n) is 10.8. The van der Waals surface area contributed by atoms with Crippen LogP contribution in [0.1, 0.15) is 40.0 Å². The zero-order valence-electron chi connectivity index (χ0n) is 18.3. The Balaban J connectivity index is 1.42. The second-order valence-corrected chi connectivity index (χ2v) is 9.75. The summed E-state index contributed by atoms with van der Waals surface area (Å²) in [5.74, 6) is -0.354. The van der Waals surface area contributed by atoms with E-state index in [4.69, 9.17) is 0 Å². The molecule has 1 saturated heterocycles. The highest BCUT2D eigenvalue weighted by molar-refractivity contribution is 6.10. The van der Waals surface area contributed by atoms with Crippen molar-refractivity contribution in [2.45, 2.75) is 45.6 Å². The van der Waals surface area contributed by atoms with Crippen LogP contribution >= 0.6 is 0 Å². The van der Waals surface area contributed by atoms with Gasteiger partial charge in [0.25, 0.3) is 5.91 Å². The highest BCUT2D eigenvalue weighted by atomic mass is 16.2. The molecule has 1 aliphatic carbocycles. The van der Waals surface area contributed by atoms with Crippen LogP contribution in [0.25, 0.3) is 11.1 Å². The molecule has 162 valence electrons. The first-order chi connectivity index (χ1) is 14.7. The van der Waals surface area contributed by atoms with Crippen molar-refractivity contribution in [3.63, 3.8) is 0 Å². The Bertz CT molecular complexity index is 1000. The van der Waals surface area contributed by atoms with E-state index < -0.39 is 17.5 Å². The van der Waals surface area contributed by atoms with Crippen molar-refractivity contribution in [3.05, 3.63) is 54.6 Å². The molecule has 2 aromatic carbocycles. The predicted molar refractivity (Wildman–Crippen MR) is 120 cm³/mol. The molecule has 2 N–H and O–H groups in total. The predicted octanol–water partition coefficient (Wildman–Crippen LogP) is 4.43. The first-order valence-corrected chi connectivity index (χ1v) is 10.8. The van der Waals surface area contributed by atoms with E-state index in [1.807, 2.05) is 54.6 Å². The third-order valence-corrected chi connectivity index (χ3v) is 6.20. The van der Waals surface area contributed by atoms with Crippen molar-refractivity contribution in [1.82, 2.24) is 10.2 Å². The molecule has 0 aromatic heterocycles. The molecule has 0 bridgehead atoms. The van der Waals surface area contributed by atoms with E-state index in [2.05, 4.69) is 31.4 Å². The third kappa shape index (κ3) is 4.33. The largest absolute Gasteiger partial charge is 0.325 e. The van der Waals surface area contributed by atoms with E-state index in [0.717, 1.165) is 22.4 Å². The summed E-state index contributed by atoms with van der Waals surface area (Å²) in [4.78, 5) is 39.4. The summed E-state index contributed by atoms with van der Waals surface area (Å²) in [5.41, 5.74) is 1.83. The highest BCUT2D eigenvalue weighted by Gasteiger charge is 2.56. The van der Waals surface area contributed by atoms with Crippen molar-refractivity contribution < 1.29 is 14.4 Å². The topological polar surface area (TPSA) is 78.5 Å². The Kier molecular flexibility index (Phi) is 5.33. The lowest BCUT2D eigenvalue weighted by Gasteiger charge is -2.43. The highest BCUT2D eigenvalue weighted by Crippen LogP contribution is 2.46. The van der Waals surface area contributed by atoms with Crippen LogP contribution in [0.3, 0.4) is 0 Å². The van der Waals surface area contributed by atoms with Gasteiger partial charge in [0.2, 0.25) is 5.91 Å². The number of carbonyl (C=O) groups excluding carboxylic acids is 3. The molecule has 2 atom stereocenters. The normalized spacial score (nSPS) is 24.9. The zero-order chi connectivity index (χ0) is 22.2. The minimum atomic E-state index is -0.893. The van der Waals surface area contributed by atoms with Gasteiger partial charge in [0.1, 0.15) is 12.1 Å². The number of hydrogen-bond donors (Lipinski definition) is 2. The number of benzene rings is 2. The zero-order valence-corrected chi connectivity index (χ0v) is 18.3. The van der Waals surface area contributed by atoms with Gasteiger partial charge in [-0.05, 0) is 53.9 Å². The molecule has 2 aliphatic rings. The van der Waals surface area contributed by atoms with Crippen LogP contribution in [0.15, 0.2) is 54.6 Å². The van der Waals surface area contributed by atoms with Crippen molar-refractivity contribution in [2.24, 2.45) is 11.3 Å². The van der Waals surface area contributed by atoms with Crippen LogP contribution in [0.4, 0.5) is 10.5 Å². The second kappa shape index (κ2) is 7.84. The maximum Gasteiger partial charge on any atom is 0.325 e. The van der Waals surface area contributed by atoms with Crippen LogP contribution in [0.5, 0.6) is 0 Å². The lowest BCUT2D eigenvalue weighted by atomic mass is 9.64. The SMILES string of the molecule is CC1CC(C)(C)CC2(C1)NC(=O)N(CC(=O)Nc1ccc(-c3ccccc3)cc1)C2=O. The maximum absolute atomic E-state index is 13.2. The number of carbonyl (C=O) groups is 3. The summed E-state index contributed by atoms with van der Waals surface area (Å²) in [7, 11) is 0.